The van der Waals surface area contributed by atoms with Crippen LogP contribution < -0.4 is 14.8 Å². The first kappa shape index (κ1) is 16.2. The van der Waals surface area contributed by atoms with Crippen molar-refractivity contribution in [3.63, 3.8) is 0 Å². The zero-order chi connectivity index (χ0) is 15.2. The number of methoxy groups -OCH3 is 2. The highest BCUT2D eigenvalue weighted by Crippen LogP contribution is 2.39. The monoisotopic (exact) mass is 291 g/mol. The number of hydrogen-bond donors (Lipinski definition) is 1. The van der Waals surface area contributed by atoms with Crippen LogP contribution in [0.1, 0.15) is 51.0 Å². The van der Waals surface area contributed by atoms with Crippen molar-refractivity contribution in [2.75, 3.05) is 20.8 Å². The summed E-state index contributed by atoms with van der Waals surface area (Å²) in [5.74, 6) is 3.00. The Kier molecular flexibility index (Phi) is 5.92. The molecule has 1 unspecified atom stereocenters. The quantitative estimate of drug-likeness (QED) is 0.824. The third-order valence-corrected chi connectivity index (χ3v) is 4.55. The topological polar surface area (TPSA) is 30.5 Å². The Balaban J connectivity index is 2.22. The van der Waals surface area contributed by atoms with Crippen molar-refractivity contribution in [1.82, 2.24) is 5.32 Å². The predicted molar refractivity (Wildman–Crippen MR) is 87.4 cm³/mol. The SMILES string of the molecule is COc1ccc(C(CNC(C)C)C2CCCC2)cc1OC. The van der Waals surface area contributed by atoms with E-state index in [1.165, 1.54) is 31.2 Å². The van der Waals surface area contributed by atoms with Gasteiger partial charge in [0.15, 0.2) is 11.5 Å². The smallest absolute Gasteiger partial charge is 0.160 e. The van der Waals surface area contributed by atoms with Crippen LogP contribution in [0.5, 0.6) is 11.5 Å². The molecular formula is C18H29NO2. The van der Waals surface area contributed by atoms with Gasteiger partial charge in [-0.15, -0.1) is 0 Å². The molecule has 0 aliphatic heterocycles. The summed E-state index contributed by atoms with van der Waals surface area (Å²) in [5.41, 5.74) is 1.37. The number of rotatable bonds is 7. The van der Waals surface area contributed by atoms with Crippen LogP contribution in [0.4, 0.5) is 0 Å². The van der Waals surface area contributed by atoms with Gasteiger partial charge in [0.05, 0.1) is 14.2 Å². The number of benzene rings is 1. The van der Waals surface area contributed by atoms with E-state index < -0.39 is 0 Å². The molecule has 0 amide bonds. The van der Waals surface area contributed by atoms with E-state index >= 15 is 0 Å². The average Bonchev–Trinajstić information content (AvgIpc) is 3.01. The number of ether oxygens (including phenoxy) is 2. The first-order valence-corrected chi connectivity index (χ1v) is 8.11. The zero-order valence-corrected chi connectivity index (χ0v) is 13.8. The lowest BCUT2D eigenvalue weighted by atomic mass is 9.84. The molecule has 1 aromatic carbocycles. The molecule has 1 saturated carbocycles. The van der Waals surface area contributed by atoms with E-state index in [0.717, 1.165) is 24.0 Å². The van der Waals surface area contributed by atoms with E-state index in [2.05, 4.69) is 31.3 Å². The van der Waals surface area contributed by atoms with E-state index in [-0.39, 0.29) is 0 Å². The molecule has 21 heavy (non-hydrogen) atoms. The minimum absolute atomic E-state index is 0.522. The lowest BCUT2D eigenvalue weighted by molar-refractivity contribution is 0.351. The van der Waals surface area contributed by atoms with E-state index in [1.807, 2.05) is 6.07 Å². The fourth-order valence-electron chi connectivity index (χ4n) is 3.36. The highest BCUT2D eigenvalue weighted by atomic mass is 16.5. The van der Waals surface area contributed by atoms with Crippen molar-refractivity contribution in [1.29, 1.82) is 0 Å². The lowest BCUT2D eigenvalue weighted by Crippen LogP contribution is -2.30. The summed E-state index contributed by atoms with van der Waals surface area (Å²) < 4.78 is 10.8. The lowest BCUT2D eigenvalue weighted by Gasteiger charge is -2.26. The van der Waals surface area contributed by atoms with Crippen LogP contribution in [-0.4, -0.2) is 26.8 Å². The van der Waals surface area contributed by atoms with Gasteiger partial charge < -0.3 is 14.8 Å². The van der Waals surface area contributed by atoms with Crippen molar-refractivity contribution >= 4 is 0 Å². The fraction of sp³-hybridized carbons (Fsp3) is 0.667. The summed E-state index contributed by atoms with van der Waals surface area (Å²) in [7, 11) is 3.39. The molecule has 2 rings (SSSR count). The van der Waals surface area contributed by atoms with Crippen LogP contribution >= 0.6 is 0 Å². The van der Waals surface area contributed by atoms with E-state index in [4.69, 9.17) is 9.47 Å². The second-order valence-electron chi connectivity index (χ2n) is 6.33. The van der Waals surface area contributed by atoms with Gasteiger partial charge in [0.2, 0.25) is 0 Å². The molecule has 3 nitrogen and oxygen atoms in total. The summed E-state index contributed by atoms with van der Waals surface area (Å²) in [4.78, 5) is 0. The Morgan fingerprint density at radius 1 is 1.10 bits per heavy atom. The Hall–Kier alpha value is -1.22. The normalized spacial score (nSPS) is 17.2. The minimum atomic E-state index is 0.522. The van der Waals surface area contributed by atoms with Crippen LogP contribution in [0.2, 0.25) is 0 Å². The highest BCUT2D eigenvalue weighted by molar-refractivity contribution is 5.44. The van der Waals surface area contributed by atoms with Gasteiger partial charge in [-0.1, -0.05) is 32.8 Å². The van der Waals surface area contributed by atoms with E-state index in [9.17, 15) is 0 Å². The molecule has 1 aromatic rings. The summed E-state index contributed by atoms with van der Waals surface area (Å²) in [6, 6.07) is 6.91. The maximum Gasteiger partial charge on any atom is 0.160 e. The molecule has 1 aliphatic carbocycles. The first-order valence-electron chi connectivity index (χ1n) is 8.11. The van der Waals surface area contributed by atoms with Gasteiger partial charge in [-0.05, 0) is 42.4 Å². The predicted octanol–water partition coefficient (Wildman–Crippen LogP) is 3.98. The van der Waals surface area contributed by atoms with Gasteiger partial charge in [0.25, 0.3) is 0 Å². The molecule has 0 aromatic heterocycles. The number of nitrogens with one attached hydrogen (secondary N) is 1. The summed E-state index contributed by atoms with van der Waals surface area (Å²) in [5, 5.41) is 3.61. The molecule has 0 radical (unpaired) electrons. The van der Waals surface area contributed by atoms with Crippen LogP contribution in [0, 0.1) is 5.92 Å². The van der Waals surface area contributed by atoms with Gasteiger partial charge in [0.1, 0.15) is 0 Å². The molecule has 0 bridgehead atoms. The molecular weight excluding hydrogens is 262 g/mol. The first-order chi connectivity index (χ1) is 10.2. The van der Waals surface area contributed by atoms with Gasteiger partial charge in [-0.2, -0.15) is 0 Å². The third kappa shape index (κ3) is 4.13. The Labute approximate surface area is 129 Å². The van der Waals surface area contributed by atoms with Crippen LogP contribution in [-0.2, 0) is 0 Å². The average molecular weight is 291 g/mol. The Morgan fingerprint density at radius 3 is 2.33 bits per heavy atom. The Morgan fingerprint density at radius 2 is 1.76 bits per heavy atom. The molecule has 1 aliphatic rings. The third-order valence-electron chi connectivity index (χ3n) is 4.55. The van der Waals surface area contributed by atoms with Crippen molar-refractivity contribution in [3.8, 4) is 11.5 Å². The van der Waals surface area contributed by atoms with Crippen molar-refractivity contribution in [2.45, 2.75) is 51.5 Å². The fourth-order valence-corrected chi connectivity index (χ4v) is 3.36. The van der Waals surface area contributed by atoms with E-state index in [1.54, 1.807) is 14.2 Å². The molecule has 3 heteroatoms. The van der Waals surface area contributed by atoms with Gasteiger partial charge in [-0.25, -0.2) is 0 Å². The molecule has 1 fully saturated rings. The second kappa shape index (κ2) is 7.69. The van der Waals surface area contributed by atoms with Crippen LogP contribution in [0.3, 0.4) is 0 Å². The maximum atomic E-state index is 5.47. The highest BCUT2D eigenvalue weighted by Gasteiger charge is 2.27. The second-order valence-corrected chi connectivity index (χ2v) is 6.33. The molecule has 1 atom stereocenters. The molecule has 0 spiro atoms. The summed E-state index contributed by atoms with van der Waals surface area (Å²) >= 11 is 0. The maximum absolute atomic E-state index is 5.47. The molecule has 0 saturated heterocycles. The number of hydrogen-bond acceptors (Lipinski definition) is 3. The molecule has 1 N–H and O–H groups in total. The Bertz CT molecular complexity index is 439. The van der Waals surface area contributed by atoms with Crippen molar-refractivity contribution in [3.05, 3.63) is 23.8 Å². The summed E-state index contributed by atoms with van der Waals surface area (Å²) in [6.07, 6.45) is 5.43. The standard InChI is InChI=1S/C18H29NO2/c1-13(2)19-12-16(14-7-5-6-8-14)15-9-10-17(20-3)18(11-15)21-4/h9-11,13-14,16,19H,5-8,12H2,1-4H3. The van der Waals surface area contributed by atoms with Gasteiger partial charge >= 0.3 is 0 Å². The molecule has 0 heterocycles. The summed E-state index contributed by atoms with van der Waals surface area (Å²) in [6.45, 7) is 5.46. The van der Waals surface area contributed by atoms with E-state index in [0.29, 0.717) is 12.0 Å². The van der Waals surface area contributed by atoms with Crippen LogP contribution in [0.15, 0.2) is 18.2 Å². The van der Waals surface area contributed by atoms with Crippen molar-refractivity contribution < 1.29 is 9.47 Å². The minimum Gasteiger partial charge on any atom is -0.493 e. The van der Waals surface area contributed by atoms with Crippen molar-refractivity contribution in [2.24, 2.45) is 5.92 Å². The van der Waals surface area contributed by atoms with Gasteiger partial charge in [0, 0.05) is 12.6 Å². The molecule has 118 valence electrons. The zero-order valence-electron chi connectivity index (χ0n) is 13.8. The van der Waals surface area contributed by atoms with Gasteiger partial charge in [-0.3, -0.25) is 0 Å². The largest absolute Gasteiger partial charge is 0.493 e. The van der Waals surface area contributed by atoms with Crippen LogP contribution in [0.25, 0.3) is 0 Å².